The van der Waals surface area contributed by atoms with Gasteiger partial charge < -0.3 is 20.1 Å². The summed E-state index contributed by atoms with van der Waals surface area (Å²) in [5, 5.41) is 5.76. The van der Waals surface area contributed by atoms with Gasteiger partial charge in [0, 0.05) is 24.9 Å². The molecule has 3 aromatic rings. The summed E-state index contributed by atoms with van der Waals surface area (Å²) in [5.74, 6) is -0.0921. The van der Waals surface area contributed by atoms with Gasteiger partial charge in [-0.05, 0) is 30.3 Å². The number of ether oxygens (including phenoxy) is 2. The van der Waals surface area contributed by atoms with E-state index in [1.54, 1.807) is 31.4 Å². The van der Waals surface area contributed by atoms with Crippen molar-refractivity contribution in [3.05, 3.63) is 95.0 Å². The topological polar surface area (TPSA) is 76.7 Å². The van der Waals surface area contributed by atoms with Crippen LogP contribution in [0.25, 0.3) is 0 Å². The fourth-order valence-corrected chi connectivity index (χ4v) is 3.15. The predicted molar refractivity (Wildman–Crippen MR) is 121 cm³/mol. The number of para-hydroxylation sites is 1. The van der Waals surface area contributed by atoms with E-state index in [0.29, 0.717) is 35.7 Å². The molecule has 0 aromatic heterocycles. The van der Waals surface area contributed by atoms with Crippen LogP contribution in [0, 0.1) is 0 Å². The average molecular weight is 439 g/mol. The second kappa shape index (κ2) is 11.2. The van der Waals surface area contributed by atoms with Gasteiger partial charge in [-0.15, -0.1) is 0 Å². The lowest BCUT2D eigenvalue weighted by atomic mass is 10.1. The van der Waals surface area contributed by atoms with Crippen molar-refractivity contribution >= 4 is 29.1 Å². The number of methoxy groups -OCH3 is 1. The molecule has 0 heterocycles. The van der Waals surface area contributed by atoms with E-state index in [2.05, 4.69) is 10.6 Å². The normalized spacial score (nSPS) is 11.4. The molecular weight excluding hydrogens is 416 g/mol. The molecule has 0 fully saturated rings. The number of hydrogen-bond acceptors (Lipinski definition) is 4. The molecule has 1 unspecified atom stereocenters. The SMILES string of the molecule is COCCNC(=O)c1ccc(NC(=O)C(Oc2ccccc2)c2ccccc2)cc1Cl. The molecule has 160 valence electrons. The van der Waals surface area contributed by atoms with E-state index in [1.165, 1.54) is 6.07 Å². The Bertz CT molecular complexity index is 1010. The van der Waals surface area contributed by atoms with Crippen LogP contribution < -0.4 is 15.4 Å². The predicted octanol–water partition coefficient (Wildman–Crippen LogP) is 4.48. The lowest BCUT2D eigenvalue weighted by Gasteiger charge is -2.19. The summed E-state index contributed by atoms with van der Waals surface area (Å²) in [6.45, 7) is 0.777. The van der Waals surface area contributed by atoms with Crippen LogP contribution in [0.1, 0.15) is 22.0 Å². The number of benzene rings is 3. The first kappa shape index (κ1) is 22.3. The van der Waals surface area contributed by atoms with E-state index in [4.69, 9.17) is 21.1 Å². The van der Waals surface area contributed by atoms with Crippen molar-refractivity contribution in [2.45, 2.75) is 6.10 Å². The van der Waals surface area contributed by atoms with Crippen LogP contribution in [0.5, 0.6) is 5.75 Å². The molecule has 0 radical (unpaired) electrons. The van der Waals surface area contributed by atoms with Crippen molar-refractivity contribution in [1.82, 2.24) is 5.32 Å². The smallest absolute Gasteiger partial charge is 0.270 e. The van der Waals surface area contributed by atoms with Crippen molar-refractivity contribution in [3.63, 3.8) is 0 Å². The number of carbonyl (C=O) groups is 2. The average Bonchev–Trinajstić information content (AvgIpc) is 2.79. The Balaban J connectivity index is 1.75. The summed E-state index contributed by atoms with van der Waals surface area (Å²) in [5.41, 5.74) is 1.49. The zero-order chi connectivity index (χ0) is 22.1. The molecule has 0 aliphatic heterocycles. The minimum absolute atomic E-state index is 0.230. The van der Waals surface area contributed by atoms with E-state index < -0.39 is 6.10 Å². The van der Waals surface area contributed by atoms with Gasteiger partial charge in [0.2, 0.25) is 6.10 Å². The maximum atomic E-state index is 13.0. The maximum Gasteiger partial charge on any atom is 0.270 e. The van der Waals surface area contributed by atoms with Gasteiger partial charge in [-0.3, -0.25) is 9.59 Å². The Hall–Kier alpha value is -3.35. The van der Waals surface area contributed by atoms with E-state index >= 15 is 0 Å². The van der Waals surface area contributed by atoms with Crippen molar-refractivity contribution in [2.75, 3.05) is 25.6 Å². The minimum Gasteiger partial charge on any atom is -0.476 e. The number of hydrogen-bond donors (Lipinski definition) is 2. The van der Waals surface area contributed by atoms with Crippen LogP contribution in [-0.2, 0) is 9.53 Å². The van der Waals surface area contributed by atoms with Crippen molar-refractivity contribution < 1.29 is 19.1 Å². The van der Waals surface area contributed by atoms with Crippen LogP contribution in [0.15, 0.2) is 78.9 Å². The molecule has 2 amide bonds. The first-order chi connectivity index (χ1) is 15.1. The monoisotopic (exact) mass is 438 g/mol. The van der Waals surface area contributed by atoms with Crippen molar-refractivity contribution in [2.24, 2.45) is 0 Å². The highest BCUT2D eigenvalue weighted by atomic mass is 35.5. The zero-order valence-corrected chi connectivity index (χ0v) is 17.8. The van der Waals surface area contributed by atoms with Crippen LogP contribution in [-0.4, -0.2) is 32.1 Å². The van der Waals surface area contributed by atoms with Gasteiger partial charge in [0.15, 0.2) is 0 Å². The lowest BCUT2D eigenvalue weighted by molar-refractivity contribution is -0.123. The largest absolute Gasteiger partial charge is 0.476 e. The minimum atomic E-state index is -0.862. The molecule has 0 saturated carbocycles. The molecule has 0 bridgehead atoms. The van der Waals surface area contributed by atoms with Gasteiger partial charge in [-0.2, -0.15) is 0 Å². The van der Waals surface area contributed by atoms with Gasteiger partial charge in [0.1, 0.15) is 5.75 Å². The number of amides is 2. The number of anilines is 1. The van der Waals surface area contributed by atoms with E-state index in [0.717, 1.165) is 0 Å². The van der Waals surface area contributed by atoms with Crippen LogP contribution >= 0.6 is 11.6 Å². The third-order valence-corrected chi connectivity index (χ3v) is 4.72. The fourth-order valence-electron chi connectivity index (χ4n) is 2.88. The Labute approximate surface area is 186 Å². The van der Waals surface area contributed by atoms with Crippen LogP contribution in [0.4, 0.5) is 5.69 Å². The Kier molecular flexibility index (Phi) is 8.04. The lowest BCUT2D eigenvalue weighted by Crippen LogP contribution is -2.27. The van der Waals surface area contributed by atoms with Gasteiger partial charge in [0.25, 0.3) is 11.8 Å². The molecule has 0 spiro atoms. The summed E-state index contributed by atoms with van der Waals surface area (Å²) in [4.78, 5) is 25.3. The Morgan fingerprint density at radius 3 is 2.29 bits per heavy atom. The molecule has 3 aromatic carbocycles. The molecule has 7 heteroatoms. The van der Waals surface area contributed by atoms with Crippen LogP contribution in [0.3, 0.4) is 0 Å². The maximum absolute atomic E-state index is 13.0. The molecule has 0 saturated heterocycles. The van der Waals surface area contributed by atoms with Gasteiger partial charge in [-0.25, -0.2) is 0 Å². The summed E-state index contributed by atoms with van der Waals surface area (Å²) in [6.07, 6.45) is -0.862. The van der Waals surface area contributed by atoms with E-state index in [1.807, 2.05) is 48.5 Å². The third-order valence-electron chi connectivity index (χ3n) is 4.41. The number of nitrogens with one attached hydrogen (secondary N) is 2. The standard InChI is InChI=1S/C24H23ClN2O4/c1-30-15-14-26-23(28)20-13-12-18(16-21(20)25)27-24(29)22(17-8-4-2-5-9-17)31-19-10-6-3-7-11-19/h2-13,16,22H,14-15H2,1H3,(H,26,28)(H,27,29). The molecule has 0 aliphatic rings. The van der Waals surface area contributed by atoms with Gasteiger partial charge in [-0.1, -0.05) is 60.1 Å². The number of rotatable bonds is 9. The van der Waals surface area contributed by atoms with Crippen LogP contribution in [0.2, 0.25) is 5.02 Å². The highest BCUT2D eigenvalue weighted by Gasteiger charge is 2.23. The number of carbonyl (C=O) groups excluding carboxylic acids is 2. The molecule has 1 atom stereocenters. The molecule has 3 rings (SSSR count). The molecule has 2 N–H and O–H groups in total. The van der Waals surface area contributed by atoms with E-state index in [-0.39, 0.29) is 16.8 Å². The zero-order valence-electron chi connectivity index (χ0n) is 17.0. The molecule has 31 heavy (non-hydrogen) atoms. The molecule has 6 nitrogen and oxygen atoms in total. The Morgan fingerprint density at radius 2 is 1.65 bits per heavy atom. The summed E-state index contributed by atoms with van der Waals surface area (Å²) in [6, 6.07) is 23.1. The second-order valence-electron chi connectivity index (χ2n) is 6.65. The Morgan fingerprint density at radius 1 is 0.968 bits per heavy atom. The molecule has 0 aliphatic carbocycles. The number of halogens is 1. The van der Waals surface area contributed by atoms with Gasteiger partial charge >= 0.3 is 0 Å². The first-order valence-corrected chi connectivity index (χ1v) is 10.1. The third kappa shape index (κ3) is 6.31. The highest BCUT2D eigenvalue weighted by Crippen LogP contribution is 2.25. The summed E-state index contributed by atoms with van der Waals surface area (Å²) < 4.78 is 10.9. The summed E-state index contributed by atoms with van der Waals surface area (Å²) >= 11 is 6.27. The quantitative estimate of drug-likeness (QED) is 0.483. The molecular formula is C24H23ClN2O4. The van der Waals surface area contributed by atoms with Gasteiger partial charge in [0.05, 0.1) is 17.2 Å². The second-order valence-corrected chi connectivity index (χ2v) is 7.06. The van der Waals surface area contributed by atoms with Crippen molar-refractivity contribution in [3.8, 4) is 5.75 Å². The first-order valence-electron chi connectivity index (χ1n) is 9.72. The summed E-state index contributed by atoms with van der Waals surface area (Å²) in [7, 11) is 1.56. The highest BCUT2D eigenvalue weighted by molar-refractivity contribution is 6.34. The van der Waals surface area contributed by atoms with Crippen molar-refractivity contribution in [1.29, 1.82) is 0 Å². The fraction of sp³-hybridized carbons (Fsp3) is 0.167. The van der Waals surface area contributed by atoms with E-state index in [9.17, 15) is 9.59 Å².